The first-order chi connectivity index (χ1) is 13.9. The lowest BCUT2D eigenvalue weighted by atomic mass is 9.98. The van der Waals surface area contributed by atoms with Crippen LogP contribution in [0.5, 0.6) is 0 Å². The Hall–Kier alpha value is -1.33. The van der Waals surface area contributed by atoms with Crippen LogP contribution in [0.1, 0.15) is 28.8 Å². The number of alkyl halides is 3. The molecule has 0 saturated carbocycles. The quantitative estimate of drug-likeness (QED) is 0.303. The summed E-state index contributed by atoms with van der Waals surface area (Å²) in [6, 6.07) is 9.62. The summed E-state index contributed by atoms with van der Waals surface area (Å²) in [6.07, 6.45) is -1.99. The molecule has 0 spiro atoms. The van der Waals surface area contributed by atoms with Crippen molar-refractivity contribution in [2.75, 3.05) is 26.7 Å². The molecule has 2 aromatic rings. The number of guanidine groups is 1. The highest BCUT2D eigenvalue weighted by molar-refractivity contribution is 14.0. The van der Waals surface area contributed by atoms with Gasteiger partial charge in [-0.1, -0.05) is 18.2 Å². The zero-order valence-corrected chi connectivity index (χ0v) is 20.1. The molecule has 2 heterocycles. The fraction of sp³-hybridized carbons (Fsp3) is 0.476. The Bertz CT molecular complexity index is 796. The largest absolute Gasteiger partial charge is 0.416 e. The minimum Gasteiger partial charge on any atom is -0.356 e. The number of hydrogen-bond donors (Lipinski definition) is 2. The van der Waals surface area contributed by atoms with E-state index in [2.05, 4.69) is 38.0 Å². The van der Waals surface area contributed by atoms with E-state index in [9.17, 15) is 13.2 Å². The van der Waals surface area contributed by atoms with E-state index in [1.807, 2.05) is 0 Å². The number of likely N-dealkylation sites (tertiary alicyclic amines) is 1. The summed E-state index contributed by atoms with van der Waals surface area (Å²) in [4.78, 5) is 8.07. The minimum atomic E-state index is -4.33. The van der Waals surface area contributed by atoms with Crippen LogP contribution in [0, 0.1) is 5.92 Å². The molecule has 0 aliphatic carbocycles. The van der Waals surface area contributed by atoms with Crippen LogP contribution in [-0.2, 0) is 19.3 Å². The summed E-state index contributed by atoms with van der Waals surface area (Å²) in [7, 11) is 1.67. The Morgan fingerprint density at radius 3 is 2.77 bits per heavy atom. The van der Waals surface area contributed by atoms with E-state index < -0.39 is 11.7 Å². The average Bonchev–Trinajstić information content (AvgIpc) is 3.21. The zero-order chi connectivity index (χ0) is 20.7. The van der Waals surface area contributed by atoms with Crippen LogP contribution >= 0.6 is 35.3 Å². The molecule has 1 atom stereocenters. The first-order valence-corrected chi connectivity index (χ1v) is 10.7. The number of aliphatic imine (C=N–C) groups is 1. The molecule has 1 unspecified atom stereocenters. The number of thiophene rings is 1. The van der Waals surface area contributed by atoms with Crippen molar-refractivity contribution in [1.82, 2.24) is 15.5 Å². The fourth-order valence-corrected chi connectivity index (χ4v) is 4.34. The second kappa shape index (κ2) is 11.9. The first-order valence-electron chi connectivity index (χ1n) is 9.79. The van der Waals surface area contributed by atoms with Gasteiger partial charge in [0, 0.05) is 38.1 Å². The van der Waals surface area contributed by atoms with E-state index in [4.69, 9.17) is 0 Å². The van der Waals surface area contributed by atoms with Crippen LogP contribution in [0.15, 0.2) is 46.8 Å². The predicted octanol–water partition coefficient (Wildman–Crippen LogP) is 4.96. The molecule has 1 aromatic heterocycles. The van der Waals surface area contributed by atoms with Gasteiger partial charge in [0.2, 0.25) is 0 Å². The molecule has 1 aliphatic rings. The molecule has 166 valence electrons. The summed E-state index contributed by atoms with van der Waals surface area (Å²) in [5.74, 6) is 1.13. The van der Waals surface area contributed by atoms with Crippen molar-refractivity contribution in [2.45, 2.75) is 32.1 Å². The van der Waals surface area contributed by atoms with Gasteiger partial charge in [-0.2, -0.15) is 13.2 Å². The minimum absolute atomic E-state index is 0. The Morgan fingerprint density at radius 1 is 1.23 bits per heavy atom. The first kappa shape index (κ1) is 24.9. The van der Waals surface area contributed by atoms with Gasteiger partial charge in [0.25, 0.3) is 0 Å². The highest BCUT2D eigenvalue weighted by Crippen LogP contribution is 2.29. The third-order valence-corrected chi connectivity index (χ3v) is 5.92. The van der Waals surface area contributed by atoms with Gasteiger partial charge < -0.3 is 10.6 Å². The molecule has 9 heteroatoms. The maximum absolute atomic E-state index is 12.9. The van der Waals surface area contributed by atoms with Crippen molar-refractivity contribution in [2.24, 2.45) is 10.9 Å². The summed E-state index contributed by atoms with van der Waals surface area (Å²) in [5, 5.41) is 8.55. The lowest BCUT2D eigenvalue weighted by Gasteiger charge is -2.32. The number of benzene rings is 1. The molecule has 1 aromatic carbocycles. The zero-order valence-electron chi connectivity index (χ0n) is 16.9. The second-order valence-electron chi connectivity index (χ2n) is 7.33. The van der Waals surface area contributed by atoms with Gasteiger partial charge in [0.15, 0.2) is 5.96 Å². The van der Waals surface area contributed by atoms with Gasteiger partial charge in [-0.3, -0.25) is 9.89 Å². The van der Waals surface area contributed by atoms with Gasteiger partial charge in [-0.05, 0) is 54.4 Å². The Labute approximate surface area is 197 Å². The van der Waals surface area contributed by atoms with Gasteiger partial charge in [0.05, 0.1) is 5.56 Å². The van der Waals surface area contributed by atoms with E-state index >= 15 is 0 Å². The monoisotopic (exact) mass is 552 g/mol. The lowest BCUT2D eigenvalue weighted by molar-refractivity contribution is -0.137. The van der Waals surface area contributed by atoms with Crippen molar-refractivity contribution in [1.29, 1.82) is 0 Å². The number of piperidine rings is 1. The summed E-state index contributed by atoms with van der Waals surface area (Å²) < 4.78 is 38.6. The third-order valence-electron chi connectivity index (χ3n) is 5.06. The van der Waals surface area contributed by atoms with Gasteiger partial charge in [-0.25, -0.2) is 0 Å². The normalized spacial score (nSPS) is 18.0. The van der Waals surface area contributed by atoms with Crippen LogP contribution < -0.4 is 10.6 Å². The van der Waals surface area contributed by atoms with E-state index in [-0.39, 0.29) is 24.0 Å². The Kier molecular flexibility index (Phi) is 9.89. The Morgan fingerprint density at radius 2 is 2.07 bits per heavy atom. The van der Waals surface area contributed by atoms with Crippen LogP contribution in [0.3, 0.4) is 0 Å². The number of nitrogens with one attached hydrogen (secondary N) is 2. The van der Waals surface area contributed by atoms with Crippen molar-refractivity contribution in [3.63, 3.8) is 0 Å². The lowest BCUT2D eigenvalue weighted by Crippen LogP contribution is -2.44. The standard InChI is InChI=1S/C21H27F3N4S.HI/c1-25-20(26-12-16-5-2-7-18(11-16)21(22,23)24)27-13-17-6-3-9-28(14-17)15-19-8-4-10-29-19;/h2,4-5,7-8,10-11,17H,3,6,9,12-15H2,1H3,(H2,25,26,27);1H. The van der Waals surface area contributed by atoms with Crippen molar-refractivity contribution in [3.05, 3.63) is 57.8 Å². The third kappa shape index (κ3) is 7.73. The molecule has 2 N–H and O–H groups in total. The molecule has 30 heavy (non-hydrogen) atoms. The maximum Gasteiger partial charge on any atom is 0.416 e. The SMILES string of the molecule is CN=C(NCc1cccc(C(F)(F)F)c1)NCC1CCCN(Cc2cccs2)C1.I. The van der Waals surface area contributed by atoms with E-state index in [1.165, 1.54) is 29.9 Å². The fourth-order valence-electron chi connectivity index (χ4n) is 3.59. The average molecular weight is 552 g/mol. The van der Waals surface area contributed by atoms with Crippen LogP contribution in [0.2, 0.25) is 0 Å². The van der Waals surface area contributed by atoms with Gasteiger partial charge in [-0.15, -0.1) is 35.3 Å². The molecule has 1 aliphatic heterocycles. The number of nitrogens with zero attached hydrogens (tertiary/aromatic N) is 2. The molecular weight excluding hydrogens is 524 g/mol. The van der Waals surface area contributed by atoms with Crippen LogP contribution in [0.4, 0.5) is 13.2 Å². The van der Waals surface area contributed by atoms with Crippen LogP contribution in [-0.4, -0.2) is 37.5 Å². The smallest absolute Gasteiger partial charge is 0.356 e. The van der Waals surface area contributed by atoms with Crippen molar-refractivity contribution < 1.29 is 13.2 Å². The maximum atomic E-state index is 12.9. The van der Waals surface area contributed by atoms with Crippen molar-refractivity contribution in [3.8, 4) is 0 Å². The molecular formula is C21H28F3IN4S. The molecule has 1 saturated heterocycles. The number of rotatable bonds is 6. The van der Waals surface area contributed by atoms with E-state index in [0.29, 0.717) is 24.0 Å². The highest BCUT2D eigenvalue weighted by atomic mass is 127. The highest BCUT2D eigenvalue weighted by Gasteiger charge is 2.30. The molecule has 0 bridgehead atoms. The molecule has 0 radical (unpaired) electrons. The number of hydrogen-bond acceptors (Lipinski definition) is 3. The Balaban J connectivity index is 0.00000320. The molecule has 4 nitrogen and oxygen atoms in total. The van der Waals surface area contributed by atoms with Gasteiger partial charge in [0.1, 0.15) is 0 Å². The van der Waals surface area contributed by atoms with Crippen molar-refractivity contribution >= 4 is 41.3 Å². The molecule has 3 rings (SSSR count). The number of halogens is 4. The second-order valence-corrected chi connectivity index (χ2v) is 8.36. The van der Waals surface area contributed by atoms with E-state index in [0.717, 1.165) is 32.2 Å². The molecule has 1 fully saturated rings. The van der Waals surface area contributed by atoms with Crippen LogP contribution in [0.25, 0.3) is 0 Å². The summed E-state index contributed by atoms with van der Waals surface area (Å²) in [5.41, 5.74) is -0.0599. The van der Waals surface area contributed by atoms with E-state index in [1.54, 1.807) is 24.5 Å². The predicted molar refractivity (Wildman–Crippen MR) is 127 cm³/mol. The molecule has 0 amide bonds. The topological polar surface area (TPSA) is 39.7 Å². The summed E-state index contributed by atoms with van der Waals surface area (Å²) in [6.45, 7) is 4.24. The summed E-state index contributed by atoms with van der Waals surface area (Å²) >= 11 is 1.79. The van der Waals surface area contributed by atoms with Gasteiger partial charge >= 0.3 is 6.18 Å².